The fourth-order valence-corrected chi connectivity index (χ4v) is 3.09. The summed E-state index contributed by atoms with van der Waals surface area (Å²) in [6, 6.07) is 0. The van der Waals surface area contributed by atoms with Gasteiger partial charge in [-0.05, 0) is 25.7 Å². The molecular formula is C25H44O5. The Labute approximate surface area is 184 Å². The Balaban J connectivity index is 3.30. The highest BCUT2D eigenvalue weighted by molar-refractivity contribution is 5.73. The molecule has 0 aliphatic heterocycles. The SMILES string of the molecule is C=CCOCC(=O)OOC(=O)CCCC=CCCCCCCCCCCCCCC. The van der Waals surface area contributed by atoms with Crippen molar-refractivity contribution in [1.29, 1.82) is 0 Å². The normalized spacial score (nSPS) is 11.0. The number of carbonyl (C=O) groups excluding carboxylic acids is 2. The van der Waals surface area contributed by atoms with Crippen molar-refractivity contribution in [3.63, 3.8) is 0 Å². The van der Waals surface area contributed by atoms with E-state index in [1.54, 1.807) is 0 Å². The zero-order chi connectivity index (χ0) is 22.1. The Morgan fingerprint density at radius 2 is 1.20 bits per heavy atom. The smallest absolute Gasteiger partial charge is 0.366 e. The summed E-state index contributed by atoms with van der Waals surface area (Å²) in [7, 11) is 0. The average molecular weight is 425 g/mol. The van der Waals surface area contributed by atoms with Gasteiger partial charge in [-0.2, -0.15) is 0 Å². The highest BCUT2D eigenvalue weighted by atomic mass is 17.2. The molecule has 0 saturated carbocycles. The van der Waals surface area contributed by atoms with Gasteiger partial charge in [0, 0.05) is 0 Å². The maximum Gasteiger partial charge on any atom is 0.380 e. The van der Waals surface area contributed by atoms with Crippen molar-refractivity contribution in [3.8, 4) is 0 Å². The third-order valence-corrected chi connectivity index (χ3v) is 4.83. The van der Waals surface area contributed by atoms with Crippen LogP contribution < -0.4 is 0 Å². The first-order valence-corrected chi connectivity index (χ1v) is 11.9. The Kier molecular flexibility index (Phi) is 22.4. The lowest BCUT2D eigenvalue weighted by Crippen LogP contribution is -2.16. The number of rotatable bonds is 21. The Morgan fingerprint density at radius 1 is 0.700 bits per heavy atom. The number of hydrogen-bond donors (Lipinski definition) is 0. The second kappa shape index (κ2) is 23.7. The Hall–Kier alpha value is -1.62. The average Bonchev–Trinajstić information content (AvgIpc) is 2.74. The molecule has 0 amide bonds. The third-order valence-electron chi connectivity index (χ3n) is 4.83. The van der Waals surface area contributed by atoms with E-state index in [1.807, 2.05) is 0 Å². The van der Waals surface area contributed by atoms with E-state index in [2.05, 4.69) is 35.4 Å². The molecule has 30 heavy (non-hydrogen) atoms. The van der Waals surface area contributed by atoms with Crippen molar-refractivity contribution in [2.45, 2.75) is 110 Å². The molecule has 0 heterocycles. The maximum atomic E-state index is 11.5. The zero-order valence-electron chi connectivity index (χ0n) is 19.2. The van der Waals surface area contributed by atoms with Gasteiger partial charge in [0.05, 0.1) is 13.0 Å². The third kappa shape index (κ3) is 22.7. The molecule has 0 spiro atoms. The summed E-state index contributed by atoms with van der Waals surface area (Å²) in [6.45, 7) is 5.71. The summed E-state index contributed by atoms with van der Waals surface area (Å²) in [6.07, 6.45) is 25.1. The first-order chi connectivity index (χ1) is 14.7. The fourth-order valence-electron chi connectivity index (χ4n) is 3.09. The van der Waals surface area contributed by atoms with Crippen molar-refractivity contribution < 1.29 is 24.1 Å². The van der Waals surface area contributed by atoms with Crippen LogP contribution in [0.5, 0.6) is 0 Å². The summed E-state index contributed by atoms with van der Waals surface area (Å²) in [5.74, 6) is -1.27. The Morgan fingerprint density at radius 3 is 1.77 bits per heavy atom. The van der Waals surface area contributed by atoms with E-state index in [-0.39, 0.29) is 19.6 Å². The van der Waals surface area contributed by atoms with Crippen LogP contribution in [0.2, 0.25) is 0 Å². The summed E-state index contributed by atoms with van der Waals surface area (Å²) in [5, 5.41) is 0. The van der Waals surface area contributed by atoms with Crippen molar-refractivity contribution in [3.05, 3.63) is 24.8 Å². The Bertz CT molecular complexity index is 445. The molecule has 0 N–H and O–H groups in total. The van der Waals surface area contributed by atoms with Crippen LogP contribution in [0.1, 0.15) is 110 Å². The van der Waals surface area contributed by atoms with Gasteiger partial charge >= 0.3 is 11.9 Å². The lowest BCUT2D eigenvalue weighted by molar-refractivity contribution is -0.261. The molecule has 5 heteroatoms. The lowest BCUT2D eigenvalue weighted by Gasteiger charge is -2.03. The minimum Gasteiger partial charge on any atom is -0.366 e. The predicted octanol–water partition coefficient (Wildman–Crippen LogP) is 7.01. The summed E-state index contributed by atoms with van der Waals surface area (Å²) < 4.78 is 4.88. The minimum absolute atomic E-state index is 0.226. The molecule has 0 aliphatic rings. The van der Waals surface area contributed by atoms with E-state index in [0.29, 0.717) is 6.42 Å². The van der Waals surface area contributed by atoms with Gasteiger partial charge in [0.25, 0.3) is 0 Å². The molecule has 0 aliphatic carbocycles. The van der Waals surface area contributed by atoms with E-state index < -0.39 is 11.9 Å². The number of unbranched alkanes of at least 4 members (excludes halogenated alkanes) is 13. The highest BCUT2D eigenvalue weighted by Gasteiger charge is 2.09. The van der Waals surface area contributed by atoms with Crippen LogP contribution in [-0.2, 0) is 24.1 Å². The van der Waals surface area contributed by atoms with E-state index in [4.69, 9.17) is 4.74 Å². The largest absolute Gasteiger partial charge is 0.380 e. The molecule has 0 aromatic rings. The van der Waals surface area contributed by atoms with Crippen LogP contribution in [0, 0.1) is 0 Å². The van der Waals surface area contributed by atoms with Crippen LogP contribution >= 0.6 is 0 Å². The monoisotopic (exact) mass is 424 g/mol. The van der Waals surface area contributed by atoms with E-state index in [9.17, 15) is 9.59 Å². The molecule has 0 radical (unpaired) electrons. The molecule has 0 saturated heterocycles. The molecule has 0 atom stereocenters. The summed E-state index contributed by atoms with van der Waals surface area (Å²) in [4.78, 5) is 31.5. The molecule has 0 bridgehead atoms. The van der Waals surface area contributed by atoms with Gasteiger partial charge in [0.15, 0.2) is 0 Å². The molecule has 174 valence electrons. The van der Waals surface area contributed by atoms with Crippen LogP contribution in [-0.4, -0.2) is 25.2 Å². The number of ether oxygens (including phenoxy) is 1. The molecular weight excluding hydrogens is 380 g/mol. The molecule has 5 nitrogen and oxygen atoms in total. The van der Waals surface area contributed by atoms with Crippen molar-refractivity contribution >= 4 is 11.9 Å². The van der Waals surface area contributed by atoms with Crippen LogP contribution in [0.25, 0.3) is 0 Å². The first kappa shape index (κ1) is 28.4. The van der Waals surface area contributed by atoms with Crippen LogP contribution in [0.15, 0.2) is 24.8 Å². The van der Waals surface area contributed by atoms with Gasteiger partial charge in [-0.3, -0.25) is 0 Å². The molecule has 0 aromatic heterocycles. The number of carbonyl (C=O) groups is 2. The summed E-state index contributed by atoms with van der Waals surface area (Å²) >= 11 is 0. The molecule has 0 aromatic carbocycles. The van der Waals surface area contributed by atoms with Gasteiger partial charge in [0.1, 0.15) is 6.61 Å². The van der Waals surface area contributed by atoms with E-state index in [1.165, 1.54) is 83.1 Å². The van der Waals surface area contributed by atoms with Crippen LogP contribution in [0.3, 0.4) is 0 Å². The van der Waals surface area contributed by atoms with E-state index >= 15 is 0 Å². The van der Waals surface area contributed by atoms with Gasteiger partial charge in [-0.15, -0.1) is 6.58 Å². The van der Waals surface area contributed by atoms with E-state index in [0.717, 1.165) is 12.8 Å². The van der Waals surface area contributed by atoms with Gasteiger partial charge in [0.2, 0.25) is 0 Å². The lowest BCUT2D eigenvalue weighted by atomic mass is 10.0. The first-order valence-electron chi connectivity index (χ1n) is 11.9. The molecule has 0 unspecified atom stereocenters. The second-order valence-corrected chi connectivity index (χ2v) is 7.76. The van der Waals surface area contributed by atoms with Crippen molar-refractivity contribution in [2.75, 3.05) is 13.2 Å². The quantitative estimate of drug-likeness (QED) is 0.0858. The van der Waals surface area contributed by atoms with Gasteiger partial charge in [-0.25, -0.2) is 19.4 Å². The summed E-state index contributed by atoms with van der Waals surface area (Å²) in [5.41, 5.74) is 0. The standard InChI is InChI=1S/C25H44O5/c1-3-5-6-7-8-9-10-11-12-13-14-15-16-17-18-19-20-21-24(26)29-30-25(27)23-28-22-4-2/h4,17-18H,2-3,5-16,19-23H2,1H3. The number of hydrogen-bond acceptors (Lipinski definition) is 5. The fraction of sp³-hybridized carbons (Fsp3) is 0.760. The van der Waals surface area contributed by atoms with Gasteiger partial charge < -0.3 is 4.74 Å². The van der Waals surface area contributed by atoms with Crippen molar-refractivity contribution in [1.82, 2.24) is 0 Å². The maximum absolute atomic E-state index is 11.5. The highest BCUT2D eigenvalue weighted by Crippen LogP contribution is 2.12. The number of allylic oxidation sites excluding steroid dienone is 2. The minimum atomic E-state index is -0.729. The van der Waals surface area contributed by atoms with Crippen LogP contribution in [0.4, 0.5) is 0 Å². The molecule has 0 fully saturated rings. The zero-order valence-corrected chi connectivity index (χ0v) is 19.2. The second-order valence-electron chi connectivity index (χ2n) is 7.76. The van der Waals surface area contributed by atoms with Gasteiger partial charge in [-0.1, -0.05) is 95.8 Å². The predicted molar refractivity (Wildman–Crippen MR) is 122 cm³/mol. The topological polar surface area (TPSA) is 61.8 Å². The van der Waals surface area contributed by atoms with Crippen molar-refractivity contribution in [2.24, 2.45) is 0 Å². The molecule has 0 rings (SSSR count).